The van der Waals surface area contributed by atoms with Gasteiger partial charge in [-0.3, -0.25) is 0 Å². The lowest BCUT2D eigenvalue weighted by atomic mass is 9.75. The number of hydrogen-bond acceptors (Lipinski definition) is 0. The van der Waals surface area contributed by atoms with E-state index in [9.17, 15) is 8.78 Å². The molecule has 0 spiro atoms. The Kier molecular flexibility index (Phi) is 9.08. The van der Waals surface area contributed by atoms with Gasteiger partial charge >= 0.3 is 0 Å². The average molecular weight is 361 g/mol. The minimum atomic E-state index is -0.745. The summed E-state index contributed by atoms with van der Waals surface area (Å²) in [6, 6.07) is 4.50. The average Bonchev–Trinajstić information content (AvgIpc) is 2.66. The predicted molar refractivity (Wildman–Crippen MR) is 108 cm³/mol. The van der Waals surface area contributed by atoms with Gasteiger partial charge in [-0.25, -0.2) is 8.78 Å². The van der Waals surface area contributed by atoms with Crippen molar-refractivity contribution in [2.75, 3.05) is 0 Å². The van der Waals surface area contributed by atoms with E-state index in [0.717, 1.165) is 30.8 Å². The second-order valence-electron chi connectivity index (χ2n) is 7.60. The molecule has 1 aromatic rings. The summed E-state index contributed by atoms with van der Waals surface area (Å²) in [5.74, 6) is 0.0105. The first-order valence-electron chi connectivity index (χ1n) is 10.5. The minimum Gasteiger partial charge on any atom is -0.204 e. The van der Waals surface area contributed by atoms with Crippen molar-refractivity contribution in [2.24, 2.45) is 11.8 Å². The second kappa shape index (κ2) is 11.3. The van der Waals surface area contributed by atoms with Crippen LogP contribution in [0.4, 0.5) is 8.78 Å². The largest absolute Gasteiger partial charge is 0.204 e. The van der Waals surface area contributed by atoms with Gasteiger partial charge in [-0.15, -0.1) is 0 Å². The van der Waals surface area contributed by atoms with Crippen molar-refractivity contribution < 1.29 is 8.78 Å². The Bertz CT molecular complexity index is 600. The van der Waals surface area contributed by atoms with Gasteiger partial charge in [0, 0.05) is 5.56 Å². The Hall–Kier alpha value is -1.44. The van der Waals surface area contributed by atoms with Gasteiger partial charge in [0.2, 0.25) is 0 Å². The molecule has 2 atom stereocenters. The normalized spacial score (nSPS) is 18.9. The monoisotopic (exact) mass is 360 g/mol. The zero-order valence-electron chi connectivity index (χ0n) is 16.4. The fraction of sp³-hybridized carbons (Fsp3) is 0.583. The van der Waals surface area contributed by atoms with Gasteiger partial charge in [0.25, 0.3) is 0 Å². The van der Waals surface area contributed by atoms with Crippen molar-refractivity contribution in [2.45, 2.75) is 78.1 Å². The molecular formula is C24H34F2. The van der Waals surface area contributed by atoms with Crippen LogP contribution >= 0.6 is 0 Å². The Morgan fingerprint density at radius 2 is 1.88 bits per heavy atom. The van der Waals surface area contributed by atoms with Crippen molar-refractivity contribution in [3.63, 3.8) is 0 Å². The summed E-state index contributed by atoms with van der Waals surface area (Å²) in [5.41, 5.74) is 1.44. The molecule has 26 heavy (non-hydrogen) atoms. The third-order valence-electron chi connectivity index (χ3n) is 5.64. The van der Waals surface area contributed by atoms with E-state index in [2.05, 4.69) is 32.1 Å². The predicted octanol–water partition coefficient (Wildman–Crippen LogP) is 8.09. The highest BCUT2D eigenvalue weighted by molar-refractivity contribution is 5.66. The Labute approximate surface area is 158 Å². The number of hydrogen-bond donors (Lipinski definition) is 0. The lowest BCUT2D eigenvalue weighted by Gasteiger charge is -2.30. The number of allylic oxidation sites excluding steroid dienone is 4. The fourth-order valence-corrected chi connectivity index (χ4v) is 4.17. The smallest absolute Gasteiger partial charge is 0.166 e. The molecule has 1 aliphatic carbocycles. The van der Waals surface area contributed by atoms with Gasteiger partial charge in [0.1, 0.15) is 0 Å². The van der Waals surface area contributed by atoms with Crippen LogP contribution in [0.3, 0.4) is 0 Å². The molecule has 0 fully saturated rings. The van der Waals surface area contributed by atoms with E-state index in [1.807, 2.05) is 0 Å². The van der Waals surface area contributed by atoms with E-state index in [1.54, 1.807) is 12.1 Å². The fourth-order valence-electron chi connectivity index (χ4n) is 4.17. The van der Waals surface area contributed by atoms with Crippen LogP contribution in [0, 0.1) is 23.5 Å². The number of rotatable bonds is 10. The summed E-state index contributed by atoms with van der Waals surface area (Å²) in [7, 11) is 0. The van der Waals surface area contributed by atoms with Gasteiger partial charge in [0.15, 0.2) is 11.6 Å². The van der Waals surface area contributed by atoms with Crippen LogP contribution in [0.2, 0.25) is 0 Å². The SMILES string of the molecule is CCC/C=C/CCCC(CCC)C1CC=C(c2cccc(F)c2F)CC1. The Morgan fingerprint density at radius 3 is 2.58 bits per heavy atom. The summed E-state index contributed by atoms with van der Waals surface area (Å²) >= 11 is 0. The molecule has 0 amide bonds. The van der Waals surface area contributed by atoms with Gasteiger partial charge in [0.05, 0.1) is 0 Å². The van der Waals surface area contributed by atoms with Crippen LogP contribution in [0.15, 0.2) is 36.4 Å². The lowest BCUT2D eigenvalue weighted by molar-refractivity contribution is 0.270. The third kappa shape index (κ3) is 6.07. The molecule has 0 radical (unpaired) electrons. The highest BCUT2D eigenvalue weighted by Crippen LogP contribution is 2.38. The van der Waals surface area contributed by atoms with Crippen molar-refractivity contribution in [1.82, 2.24) is 0 Å². The van der Waals surface area contributed by atoms with Crippen LogP contribution in [0.1, 0.15) is 83.6 Å². The van der Waals surface area contributed by atoms with Crippen molar-refractivity contribution in [1.29, 1.82) is 0 Å². The van der Waals surface area contributed by atoms with Crippen LogP contribution in [-0.4, -0.2) is 0 Å². The second-order valence-corrected chi connectivity index (χ2v) is 7.60. The molecule has 0 heterocycles. The van der Waals surface area contributed by atoms with E-state index < -0.39 is 11.6 Å². The molecule has 0 saturated heterocycles. The molecule has 2 rings (SSSR count). The summed E-state index contributed by atoms with van der Waals surface area (Å²) < 4.78 is 27.5. The molecule has 144 valence electrons. The zero-order chi connectivity index (χ0) is 18.8. The Balaban J connectivity index is 1.91. The van der Waals surface area contributed by atoms with Crippen LogP contribution in [0.5, 0.6) is 0 Å². The lowest BCUT2D eigenvalue weighted by Crippen LogP contribution is -2.17. The zero-order valence-corrected chi connectivity index (χ0v) is 16.4. The topological polar surface area (TPSA) is 0 Å². The van der Waals surface area contributed by atoms with Crippen molar-refractivity contribution in [3.05, 3.63) is 53.6 Å². The molecule has 0 aliphatic heterocycles. The number of benzene rings is 1. The molecule has 0 N–H and O–H groups in total. The Morgan fingerprint density at radius 1 is 1.08 bits per heavy atom. The standard InChI is InChI=1S/C24H34F2/c1-3-5-6-7-8-9-12-19(11-4-2)20-15-17-21(18-16-20)22-13-10-14-23(25)24(22)26/h6-7,10,13-14,17,19-20H,3-5,8-9,11-12,15-16,18H2,1-2H3/b7-6+. The summed E-state index contributed by atoms with van der Waals surface area (Å²) in [4.78, 5) is 0. The first kappa shape index (κ1) is 20.9. The van der Waals surface area contributed by atoms with Gasteiger partial charge in [-0.05, 0) is 68.4 Å². The van der Waals surface area contributed by atoms with Crippen molar-refractivity contribution >= 4 is 5.57 Å². The molecule has 1 aliphatic rings. The highest BCUT2D eigenvalue weighted by Gasteiger charge is 2.24. The van der Waals surface area contributed by atoms with Gasteiger partial charge < -0.3 is 0 Å². The first-order valence-corrected chi connectivity index (χ1v) is 10.5. The molecule has 2 heteroatoms. The molecule has 0 saturated carbocycles. The van der Waals surface area contributed by atoms with Crippen molar-refractivity contribution in [3.8, 4) is 0 Å². The number of unbranched alkanes of at least 4 members (excludes halogenated alkanes) is 2. The highest BCUT2D eigenvalue weighted by atomic mass is 19.2. The molecule has 0 aromatic heterocycles. The molecule has 2 unspecified atom stereocenters. The molecule has 1 aromatic carbocycles. The van der Waals surface area contributed by atoms with Gasteiger partial charge in [-0.2, -0.15) is 0 Å². The maximum Gasteiger partial charge on any atom is 0.166 e. The van der Waals surface area contributed by atoms with E-state index >= 15 is 0 Å². The first-order chi connectivity index (χ1) is 12.7. The van der Waals surface area contributed by atoms with Crippen LogP contribution < -0.4 is 0 Å². The minimum absolute atomic E-state index is 0.455. The van der Waals surface area contributed by atoms with E-state index in [4.69, 9.17) is 0 Å². The maximum atomic E-state index is 14.0. The van der Waals surface area contributed by atoms with E-state index in [0.29, 0.717) is 11.5 Å². The van der Waals surface area contributed by atoms with Crippen LogP contribution in [0.25, 0.3) is 5.57 Å². The summed E-state index contributed by atoms with van der Waals surface area (Å²) in [6.07, 6.45) is 18.4. The van der Waals surface area contributed by atoms with E-state index in [1.165, 1.54) is 51.0 Å². The molecule has 0 bridgehead atoms. The summed E-state index contributed by atoms with van der Waals surface area (Å²) in [6.45, 7) is 4.47. The number of halogens is 2. The van der Waals surface area contributed by atoms with Crippen LogP contribution in [-0.2, 0) is 0 Å². The molecular weight excluding hydrogens is 326 g/mol. The molecule has 0 nitrogen and oxygen atoms in total. The van der Waals surface area contributed by atoms with E-state index in [-0.39, 0.29) is 0 Å². The third-order valence-corrected chi connectivity index (χ3v) is 5.64. The summed E-state index contributed by atoms with van der Waals surface area (Å²) in [5, 5.41) is 0. The quantitative estimate of drug-likeness (QED) is 0.292. The maximum absolute atomic E-state index is 14.0. The van der Waals surface area contributed by atoms with Gasteiger partial charge in [-0.1, -0.05) is 63.5 Å².